The molecule has 394 valence electrons. The zero-order chi connectivity index (χ0) is 51.2. The van der Waals surface area contributed by atoms with Crippen LogP contribution in [0.3, 0.4) is 0 Å². The maximum absolute atomic E-state index is 12.8. The van der Waals surface area contributed by atoms with E-state index in [1.165, 1.54) is 0 Å². The fraction of sp³-hybridized carbons (Fsp3) is 0.596. The Kier molecular flexibility index (Phi) is 27.0. The van der Waals surface area contributed by atoms with Crippen molar-refractivity contribution in [3.8, 4) is 16.9 Å². The van der Waals surface area contributed by atoms with Crippen LogP contribution in [0.2, 0.25) is 0 Å². The molecule has 2 heterocycles. The molecule has 2 aromatic rings. The number of carbonyl (C=O) groups excluding carboxylic acids is 7. The SMILES string of the molecule is C[C@@H]1O[C@@H](OCCOCCNC(=O)CCOCCOCCOCCOCCNC(=O)COc2ccc(-c3cccc(C(=O)NCCNC(=O)CCCC(=O)ON4C(=O)CCC4=O)c3)cc2)[C@H](O)[C@H](O)[C@H]1O. The van der Waals surface area contributed by atoms with E-state index in [9.17, 15) is 48.9 Å². The molecule has 7 N–H and O–H groups in total. The van der Waals surface area contributed by atoms with Gasteiger partial charge in [0.25, 0.3) is 23.6 Å². The molecule has 0 unspecified atom stereocenters. The first kappa shape index (κ1) is 57.9. The number of imide groups is 1. The Balaban J connectivity index is 0.904. The quantitative estimate of drug-likeness (QED) is 0.0319. The number of hydrogen-bond donors (Lipinski definition) is 7. The predicted molar refractivity (Wildman–Crippen MR) is 247 cm³/mol. The van der Waals surface area contributed by atoms with Gasteiger partial charge in [-0.2, -0.15) is 0 Å². The summed E-state index contributed by atoms with van der Waals surface area (Å²) < 4.78 is 43.6. The van der Waals surface area contributed by atoms with Gasteiger partial charge in [0, 0.05) is 63.8 Å². The zero-order valence-corrected chi connectivity index (χ0v) is 39.9. The summed E-state index contributed by atoms with van der Waals surface area (Å²) in [4.78, 5) is 88.9. The topological polar surface area (TPSA) is 315 Å². The van der Waals surface area contributed by atoms with Crippen LogP contribution < -0.4 is 26.0 Å². The number of hydrogen-bond acceptors (Lipinski definition) is 19. The second kappa shape index (κ2) is 33.1. The van der Waals surface area contributed by atoms with Gasteiger partial charge in [-0.05, 0) is 48.7 Å². The molecule has 2 aliphatic heterocycles. The number of aliphatic hydroxyl groups is 3. The molecule has 0 aliphatic carbocycles. The third-order valence-corrected chi connectivity index (χ3v) is 10.4. The third-order valence-electron chi connectivity index (χ3n) is 10.4. The summed E-state index contributed by atoms with van der Waals surface area (Å²) in [6.45, 7) is 5.35. The number of nitrogens with zero attached hydrogens (tertiary/aromatic N) is 1. The van der Waals surface area contributed by atoms with Gasteiger partial charge in [-0.1, -0.05) is 24.3 Å². The number of amides is 6. The number of ether oxygens (including phenoxy) is 8. The molecule has 5 atom stereocenters. The van der Waals surface area contributed by atoms with E-state index in [0.29, 0.717) is 62.6 Å². The van der Waals surface area contributed by atoms with E-state index in [2.05, 4.69) is 21.3 Å². The summed E-state index contributed by atoms with van der Waals surface area (Å²) >= 11 is 0. The number of rotatable bonds is 35. The molecule has 0 aromatic heterocycles. The van der Waals surface area contributed by atoms with Crippen molar-refractivity contribution < 1.29 is 91.6 Å². The van der Waals surface area contributed by atoms with Gasteiger partial charge >= 0.3 is 5.97 Å². The number of carbonyl (C=O) groups is 7. The Hall–Kier alpha value is -5.67. The van der Waals surface area contributed by atoms with Gasteiger partial charge in [0.05, 0.1) is 78.8 Å². The highest BCUT2D eigenvalue weighted by Crippen LogP contribution is 2.24. The van der Waals surface area contributed by atoms with Gasteiger partial charge in [-0.25, -0.2) is 4.79 Å². The lowest BCUT2D eigenvalue weighted by atomic mass is 10.0. The van der Waals surface area contributed by atoms with Gasteiger partial charge in [0.2, 0.25) is 11.8 Å². The minimum atomic E-state index is -1.38. The lowest BCUT2D eigenvalue weighted by Crippen LogP contribution is -2.57. The van der Waals surface area contributed by atoms with Crippen molar-refractivity contribution in [2.45, 2.75) is 76.2 Å². The Bertz CT molecular complexity index is 1960. The highest BCUT2D eigenvalue weighted by atomic mass is 16.7. The largest absolute Gasteiger partial charge is 0.484 e. The van der Waals surface area contributed by atoms with Crippen LogP contribution in [0.15, 0.2) is 48.5 Å². The molecular weight excluding hydrogens is 939 g/mol. The molecule has 2 aromatic carbocycles. The Morgan fingerprint density at radius 1 is 0.606 bits per heavy atom. The first-order chi connectivity index (χ1) is 34.3. The standard InChI is InChI=1S/C47H67N5O19/c1-32-43(59)44(60)45(61)47(70-32)68-29-28-65-20-17-49-38(54)14-19-63-22-24-66-26-27-67-25-23-64-21-18-50-39(55)31-69-36-10-8-33(9-11-36)34-4-2-5-35(30-34)46(62)51-16-15-48-37(53)6-3-7-42(58)71-52-40(56)12-13-41(52)57/h2,4-5,8-11,30,32,43-45,47,59-61H,3,6-7,12-29,31H2,1H3,(H,48,53)(H,49,54)(H,50,55)(H,51,62)/t32-,43-,44+,45+,47+/m0/s1. The Labute approximate surface area is 411 Å². The second-order valence-corrected chi connectivity index (χ2v) is 16.0. The van der Waals surface area contributed by atoms with Crippen LogP contribution in [-0.4, -0.2) is 198 Å². The van der Waals surface area contributed by atoms with E-state index < -0.39 is 48.5 Å². The normalized spacial score (nSPS) is 18.8. The van der Waals surface area contributed by atoms with Crippen LogP contribution in [-0.2, 0) is 66.8 Å². The van der Waals surface area contributed by atoms with E-state index in [1.54, 1.807) is 37.3 Å². The maximum atomic E-state index is 12.8. The zero-order valence-electron chi connectivity index (χ0n) is 39.9. The van der Waals surface area contributed by atoms with Crippen molar-refractivity contribution in [3.05, 3.63) is 54.1 Å². The first-order valence-electron chi connectivity index (χ1n) is 23.5. The molecule has 0 spiro atoms. The van der Waals surface area contributed by atoms with Crippen molar-refractivity contribution in [2.75, 3.05) is 105 Å². The number of benzene rings is 2. The lowest BCUT2D eigenvalue weighted by molar-refractivity contribution is -0.294. The van der Waals surface area contributed by atoms with Crippen molar-refractivity contribution in [3.63, 3.8) is 0 Å². The Morgan fingerprint density at radius 3 is 1.83 bits per heavy atom. The van der Waals surface area contributed by atoms with Crippen molar-refractivity contribution >= 4 is 41.4 Å². The van der Waals surface area contributed by atoms with E-state index >= 15 is 0 Å². The summed E-state index contributed by atoms with van der Waals surface area (Å²) in [6, 6.07) is 14.0. The number of nitrogens with one attached hydrogen (secondary N) is 4. The molecule has 0 bridgehead atoms. The van der Waals surface area contributed by atoms with Crippen molar-refractivity contribution in [1.29, 1.82) is 0 Å². The molecule has 2 saturated heterocycles. The van der Waals surface area contributed by atoms with Crippen LogP contribution in [0.4, 0.5) is 0 Å². The van der Waals surface area contributed by atoms with Gasteiger partial charge < -0.3 is 79.3 Å². The first-order valence-corrected chi connectivity index (χ1v) is 23.5. The van der Waals surface area contributed by atoms with Crippen LogP contribution in [0.25, 0.3) is 11.1 Å². The summed E-state index contributed by atoms with van der Waals surface area (Å²) in [5.41, 5.74) is 2.01. The lowest BCUT2D eigenvalue weighted by Gasteiger charge is -2.38. The molecule has 4 rings (SSSR count). The number of hydroxylamine groups is 2. The van der Waals surface area contributed by atoms with Crippen LogP contribution in [0.5, 0.6) is 5.75 Å². The molecule has 0 radical (unpaired) electrons. The molecule has 2 fully saturated rings. The van der Waals surface area contributed by atoms with Crippen LogP contribution in [0, 0.1) is 0 Å². The highest BCUT2D eigenvalue weighted by Gasteiger charge is 2.42. The molecule has 0 saturated carbocycles. The van der Waals surface area contributed by atoms with Gasteiger partial charge in [-0.3, -0.25) is 28.8 Å². The fourth-order valence-corrected chi connectivity index (χ4v) is 6.57. The minimum Gasteiger partial charge on any atom is -0.484 e. The second-order valence-electron chi connectivity index (χ2n) is 16.0. The fourth-order valence-electron chi connectivity index (χ4n) is 6.57. The minimum absolute atomic E-state index is 0.00241. The molecule has 24 heteroatoms. The molecule has 2 aliphatic rings. The summed E-state index contributed by atoms with van der Waals surface area (Å²) in [6.07, 6.45) is -5.52. The monoisotopic (exact) mass is 1010 g/mol. The Morgan fingerprint density at radius 2 is 1.17 bits per heavy atom. The van der Waals surface area contributed by atoms with Crippen LogP contribution >= 0.6 is 0 Å². The smallest absolute Gasteiger partial charge is 0.333 e. The molecule has 24 nitrogen and oxygen atoms in total. The molecule has 71 heavy (non-hydrogen) atoms. The van der Waals surface area contributed by atoms with Crippen molar-refractivity contribution in [2.24, 2.45) is 0 Å². The van der Waals surface area contributed by atoms with E-state index in [1.807, 2.05) is 18.2 Å². The van der Waals surface area contributed by atoms with Gasteiger partial charge in [-0.15, -0.1) is 5.06 Å². The van der Waals surface area contributed by atoms with Gasteiger partial charge in [0.1, 0.15) is 24.1 Å². The highest BCUT2D eigenvalue weighted by molar-refractivity contribution is 6.01. The van der Waals surface area contributed by atoms with E-state index in [-0.39, 0.29) is 121 Å². The third kappa shape index (κ3) is 22.5. The van der Waals surface area contributed by atoms with E-state index in [4.69, 9.17) is 42.7 Å². The summed E-state index contributed by atoms with van der Waals surface area (Å²) in [7, 11) is 0. The van der Waals surface area contributed by atoms with Crippen LogP contribution in [0.1, 0.15) is 55.8 Å². The average Bonchev–Trinajstić information content (AvgIpc) is 3.68. The summed E-state index contributed by atoms with van der Waals surface area (Å²) in [5, 5.41) is 40.8. The predicted octanol–water partition coefficient (Wildman–Crippen LogP) is -1.09. The summed E-state index contributed by atoms with van der Waals surface area (Å²) in [5.74, 6) is -2.62. The molecule has 6 amide bonds. The van der Waals surface area contributed by atoms with E-state index in [0.717, 1.165) is 11.1 Å². The number of aliphatic hydroxyl groups excluding tert-OH is 3. The average molecular weight is 1010 g/mol. The molecular formula is C47H67N5O19. The van der Waals surface area contributed by atoms with Crippen molar-refractivity contribution in [1.82, 2.24) is 26.3 Å². The maximum Gasteiger partial charge on any atom is 0.333 e. The van der Waals surface area contributed by atoms with Gasteiger partial charge in [0.15, 0.2) is 12.9 Å².